The summed E-state index contributed by atoms with van der Waals surface area (Å²) in [5.41, 5.74) is 1.18. The minimum atomic E-state index is -2.23. The zero-order valence-corrected chi connectivity index (χ0v) is 31.5. The van der Waals surface area contributed by atoms with Gasteiger partial charge in [-0.1, -0.05) is 41.5 Å². The first-order valence-electron chi connectivity index (χ1n) is 16.9. The largest absolute Gasteiger partial charge is 0.456 e. The molecule has 0 radical (unpaired) electrons. The third kappa shape index (κ3) is 10.2. The van der Waals surface area contributed by atoms with Crippen molar-refractivity contribution in [1.29, 1.82) is 0 Å². The molecule has 13 nitrogen and oxygen atoms in total. The van der Waals surface area contributed by atoms with Crippen LogP contribution in [0.2, 0.25) is 16.6 Å². The molecule has 3 aliphatic heterocycles. The molecule has 0 bridgehead atoms. The Morgan fingerprint density at radius 3 is 1.89 bits per heavy atom. The summed E-state index contributed by atoms with van der Waals surface area (Å²) in [6.45, 7) is 20.1. The van der Waals surface area contributed by atoms with Gasteiger partial charge in [-0.15, -0.1) is 0 Å². The minimum Gasteiger partial charge on any atom is -0.456 e. The number of carbonyl (C=O) groups is 2. The van der Waals surface area contributed by atoms with Crippen LogP contribution in [0.5, 0.6) is 0 Å². The molecule has 274 valence electrons. The molecule has 9 atom stereocenters. The van der Waals surface area contributed by atoms with E-state index in [2.05, 4.69) is 41.5 Å². The first-order valence-corrected chi connectivity index (χ1v) is 19.1. The van der Waals surface area contributed by atoms with Crippen molar-refractivity contribution in [3.63, 3.8) is 0 Å². The fourth-order valence-electron chi connectivity index (χ4n) is 7.71. The van der Waals surface area contributed by atoms with Gasteiger partial charge in [-0.05, 0) is 43.3 Å². The average molecular weight is 693 g/mol. The molecule has 0 amide bonds. The van der Waals surface area contributed by atoms with E-state index in [9.17, 15) is 9.59 Å². The second-order valence-electron chi connectivity index (χ2n) is 14.2. The molecule has 0 unspecified atom stereocenters. The van der Waals surface area contributed by atoms with Gasteiger partial charge in [-0.25, -0.2) is 0 Å². The highest BCUT2D eigenvalue weighted by atomic mass is 28.4. The van der Waals surface area contributed by atoms with Gasteiger partial charge in [0.05, 0.1) is 18.8 Å². The lowest BCUT2D eigenvalue weighted by molar-refractivity contribution is -0.265. The van der Waals surface area contributed by atoms with Crippen molar-refractivity contribution in [1.82, 2.24) is 0 Å². The monoisotopic (exact) mass is 692 g/mol. The van der Waals surface area contributed by atoms with E-state index in [0.717, 1.165) is 0 Å². The standard InChI is InChI=1S/C33H60O13Si/c1-19(2)47(20(3)4,21(5)6)40-16-27-28(39-18-37-12)26(38-17-36-11)15-24(43-27)13-14-25-29(41-22(7)34)30(42-23(8)35)31-32(44-25)46-33(9,10)45-31/h19-21,24-32H,13-18H2,1-12H3/t24-,25+,26+,27+,28-,29+,30-,31+,32+/m0/s1. The predicted molar refractivity (Wildman–Crippen MR) is 173 cm³/mol. The SMILES string of the molecule is COCO[C@H]1[C@H](OCOC)C[C@H](CC[C@H]2O[C@@H]3OC(C)(C)O[C@@H]3[C@@H](OC(C)=O)[C@@H]2OC(C)=O)O[C@@H]1CO[Si](C(C)C)(C(C)C)C(C)C. The summed E-state index contributed by atoms with van der Waals surface area (Å²) in [7, 11) is 0.931. The summed E-state index contributed by atoms with van der Waals surface area (Å²) in [5.74, 6) is -2.03. The van der Waals surface area contributed by atoms with Crippen LogP contribution in [0.4, 0.5) is 0 Å². The molecule has 0 aliphatic carbocycles. The van der Waals surface area contributed by atoms with Crippen molar-refractivity contribution < 1.29 is 61.4 Å². The second kappa shape index (κ2) is 17.6. The molecule has 0 N–H and O–H groups in total. The number of esters is 2. The summed E-state index contributed by atoms with van der Waals surface area (Å²) >= 11 is 0. The Hall–Kier alpha value is -1.20. The highest BCUT2D eigenvalue weighted by Gasteiger charge is 2.57. The molecule has 0 saturated carbocycles. The van der Waals surface area contributed by atoms with Gasteiger partial charge < -0.3 is 51.8 Å². The van der Waals surface area contributed by atoms with Gasteiger partial charge in [0.1, 0.15) is 31.9 Å². The molecule has 3 heterocycles. The van der Waals surface area contributed by atoms with Crippen molar-refractivity contribution in [2.75, 3.05) is 34.4 Å². The number of hydrogen-bond acceptors (Lipinski definition) is 13. The van der Waals surface area contributed by atoms with Gasteiger partial charge in [-0.2, -0.15) is 0 Å². The van der Waals surface area contributed by atoms with E-state index in [1.54, 1.807) is 28.1 Å². The molecule has 0 spiro atoms. The smallest absolute Gasteiger partial charge is 0.303 e. The van der Waals surface area contributed by atoms with Gasteiger partial charge in [0.25, 0.3) is 0 Å². The molecule has 3 fully saturated rings. The van der Waals surface area contributed by atoms with Crippen LogP contribution in [0.25, 0.3) is 0 Å². The number of carbonyl (C=O) groups excluding carboxylic acids is 2. The Balaban J connectivity index is 1.86. The molecule has 3 aliphatic rings. The maximum absolute atomic E-state index is 12.2. The van der Waals surface area contributed by atoms with E-state index in [0.29, 0.717) is 42.5 Å². The summed E-state index contributed by atoms with van der Waals surface area (Å²) in [4.78, 5) is 24.4. The number of methoxy groups -OCH3 is 2. The molecular formula is C33H60O13Si. The highest BCUT2D eigenvalue weighted by Crippen LogP contribution is 2.44. The molecule has 3 saturated heterocycles. The average Bonchev–Trinajstić information content (AvgIpc) is 3.28. The van der Waals surface area contributed by atoms with Crippen LogP contribution in [-0.4, -0.2) is 116 Å². The lowest BCUT2D eigenvalue weighted by Crippen LogP contribution is -2.59. The number of hydrogen-bond donors (Lipinski definition) is 0. The second-order valence-corrected chi connectivity index (χ2v) is 19.6. The first kappa shape index (κ1) is 40.2. The minimum absolute atomic E-state index is 0.0711. The Labute approximate surface area is 281 Å². The zero-order valence-electron chi connectivity index (χ0n) is 30.5. The van der Waals surface area contributed by atoms with Crippen molar-refractivity contribution in [2.24, 2.45) is 0 Å². The summed E-state index contributed by atoms with van der Waals surface area (Å²) in [6, 6.07) is 0. The number of ether oxygens (including phenoxy) is 10. The van der Waals surface area contributed by atoms with Crippen LogP contribution in [0.1, 0.15) is 88.5 Å². The van der Waals surface area contributed by atoms with Gasteiger partial charge in [0.15, 0.2) is 38.7 Å². The van der Waals surface area contributed by atoms with Crippen molar-refractivity contribution in [3.05, 3.63) is 0 Å². The predicted octanol–water partition coefficient (Wildman–Crippen LogP) is 4.83. The van der Waals surface area contributed by atoms with E-state index in [1.165, 1.54) is 13.8 Å². The lowest BCUT2D eigenvalue weighted by atomic mass is 9.91. The Kier molecular flexibility index (Phi) is 15.1. The van der Waals surface area contributed by atoms with E-state index < -0.39 is 69.0 Å². The molecule has 47 heavy (non-hydrogen) atoms. The normalized spacial score (nSPS) is 32.5. The maximum atomic E-state index is 12.2. The van der Waals surface area contributed by atoms with E-state index in [1.807, 2.05) is 0 Å². The fourth-order valence-corrected chi connectivity index (χ4v) is 13.2. The summed E-state index contributed by atoms with van der Waals surface area (Å²) in [5, 5.41) is 0. The maximum Gasteiger partial charge on any atom is 0.303 e. The number of fused-ring (bicyclic) bond motifs is 1. The third-order valence-corrected chi connectivity index (χ3v) is 15.4. The fraction of sp³-hybridized carbons (Fsp3) is 0.939. The van der Waals surface area contributed by atoms with Crippen LogP contribution in [0, 0.1) is 0 Å². The zero-order chi connectivity index (χ0) is 35.1. The topological polar surface area (TPSA) is 136 Å². The van der Waals surface area contributed by atoms with E-state index >= 15 is 0 Å². The Morgan fingerprint density at radius 1 is 0.766 bits per heavy atom. The van der Waals surface area contributed by atoms with Crippen LogP contribution in [-0.2, 0) is 61.4 Å². The van der Waals surface area contributed by atoms with Gasteiger partial charge in [0.2, 0.25) is 0 Å². The van der Waals surface area contributed by atoms with Crippen LogP contribution in [0.3, 0.4) is 0 Å². The number of rotatable bonds is 17. The third-order valence-electron chi connectivity index (χ3n) is 9.37. The van der Waals surface area contributed by atoms with Crippen LogP contribution in [0.15, 0.2) is 0 Å². The van der Waals surface area contributed by atoms with Crippen LogP contribution >= 0.6 is 0 Å². The van der Waals surface area contributed by atoms with Gasteiger partial charge in [-0.3, -0.25) is 9.59 Å². The van der Waals surface area contributed by atoms with Crippen molar-refractivity contribution >= 4 is 20.3 Å². The molecule has 0 aromatic carbocycles. The molecule has 14 heteroatoms. The van der Waals surface area contributed by atoms with Crippen molar-refractivity contribution in [3.8, 4) is 0 Å². The first-order chi connectivity index (χ1) is 22.1. The molecule has 0 aromatic rings. The molecule has 3 rings (SSSR count). The van der Waals surface area contributed by atoms with E-state index in [4.69, 9.17) is 51.8 Å². The van der Waals surface area contributed by atoms with Crippen molar-refractivity contribution in [2.45, 2.75) is 166 Å². The molecule has 0 aromatic heterocycles. The Morgan fingerprint density at radius 2 is 1.34 bits per heavy atom. The quantitative estimate of drug-likeness (QED) is 0.117. The van der Waals surface area contributed by atoms with Gasteiger partial charge >= 0.3 is 11.9 Å². The van der Waals surface area contributed by atoms with E-state index in [-0.39, 0.29) is 25.8 Å². The van der Waals surface area contributed by atoms with Crippen LogP contribution < -0.4 is 0 Å². The van der Waals surface area contributed by atoms with Gasteiger partial charge in [0, 0.05) is 34.5 Å². The summed E-state index contributed by atoms with van der Waals surface area (Å²) in [6.07, 6.45) is -4.20. The molecular weight excluding hydrogens is 632 g/mol. The lowest BCUT2D eigenvalue weighted by Gasteiger charge is -2.46. The summed E-state index contributed by atoms with van der Waals surface area (Å²) < 4.78 is 66.4. The Bertz CT molecular complexity index is 970. The highest BCUT2D eigenvalue weighted by molar-refractivity contribution is 6.77.